The predicted molar refractivity (Wildman–Crippen MR) is 116 cm³/mol. The second-order valence-electron chi connectivity index (χ2n) is 9.11. The molecule has 8 nitrogen and oxygen atoms in total. The number of ketones is 1. The van der Waals surface area contributed by atoms with Gasteiger partial charge in [0.05, 0.1) is 6.20 Å². The Balaban J connectivity index is 1.59. The van der Waals surface area contributed by atoms with Crippen molar-refractivity contribution in [2.45, 2.75) is 59.4 Å². The minimum atomic E-state index is -0.530. The third-order valence-electron chi connectivity index (χ3n) is 5.62. The quantitative estimate of drug-likeness (QED) is 0.439. The second kappa shape index (κ2) is 8.63. The van der Waals surface area contributed by atoms with Gasteiger partial charge >= 0.3 is 0 Å². The van der Waals surface area contributed by atoms with Gasteiger partial charge in [0.2, 0.25) is 11.7 Å². The Morgan fingerprint density at radius 3 is 2.53 bits per heavy atom. The number of imidazole rings is 1. The summed E-state index contributed by atoms with van der Waals surface area (Å²) in [4.78, 5) is 28.9. The summed E-state index contributed by atoms with van der Waals surface area (Å²) < 4.78 is 3.82. The number of rotatable bonds is 7. The molecule has 1 fully saturated rings. The lowest BCUT2D eigenvalue weighted by Gasteiger charge is -2.26. The van der Waals surface area contributed by atoms with Crippen LogP contribution in [0.15, 0.2) is 24.7 Å². The van der Waals surface area contributed by atoms with Crippen molar-refractivity contribution >= 4 is 16.9 Å². The molecule has 0 atom stereocenters. The zero-order valence-electron chi connectivity index (χ0n) is 18.2. The third kappa shape index (κ3) is 4.43. The summed E-state index contributed by atoms with van der Waals surface area (Å²) >= 11 is 0. The SMILES string of the molecule is CC(C)(C)C(=O)c1ncc2nc(-n3cccn3)n(CCCCN3CCCCC3)c2n1. The van der Waals surface area contributed by atoms with Crippen LogP contribution in [0.1, 0.15) is 63.5 Å². The Labute approximate surface area is 177 Å². The highest BCUT2D eigenvalue weighted by atomic mass is 16.1. The summed E-state index contributed by atoms with van der Waals surface area (Å²) in [6.07, 6.45) is 11.4. The molecule has 1 aliphatic heterocycles. The molecule has 3 aromatic rings. The monoisotopic (exact) mass is 409 g/mol. The maximum atomic E-state index is 12.7. The van der Waals surface area contributed by atoms with Crippen molar-refractivity contribution in [3.63, 3.8) is 0 Å². The van der Waals surface area contributed by atoms with Crippen molar-refractivity contribution in [2.75, 3.05) is 19.6 Å². The van der Waals surface area contributed by atoms with E-state index in [0.29, 0.717) is 17.1 Å². The lowest BCUT2D eigenvalue weighted by molar-refractivity contribution is 0.0847. The van der Waals surface area contributed by atoms with E-state index in [9.17, 15) is 4.79 Å². The Kier molecular flexibility index (Phi) is 5.94. The van der Waals surface area contributed by atoms with Gasteiger partial charge in [0, 0.05) is 24.4 Å². The first-order chi connectivity index (χ1) is 14.4. The fourth-order valence-corrected chi connectivity index (χ4v) is 3.91. The molecule has 0 aromatic carbocycles. The minimum absolute atomic E-state index is 0.0668. The Morgan fingerprint density at radius 2 is 1.83 bits per heavy atom. The molecular formula is C22H31N7O. The van der Waals surface area contributed by atoms with E-state index in [-0.39, 0.29) is 11.6 Å². The summed E-state index contributed by atoms with van der Waals surface area (Å²) in [6, 6.07) is 1.88. The van der Waals surface area contributed by atoms with E-state index in [1.165, 1.54) is 32.4 Å². The van der Waals surface area contributed by atoms with Crippen LogP contribution in [-0.2, 0) is 6.54 Å². The van der Waals surface area contributed by atoms with Crippen LogP contribution in [0, 0.1) is 5.41 Å². The number of aromatic nitrogens is 6. The molecule has 0 bridgehead atoms. The van der Waals surface area contributed by atoms with E-state index in [2.05, 4.69) is 24.5 Å². The number of hydrogen-bond acceptors (Lipinski definition) is 6. The van der Waals surface area contributed by atoms with E-state index in [0.717, 1.165) is 25.9 Å². The van der Waals surface area contributed by atoms with Gasteiger partial charge in [0.25, 0.3) is 0 Å². The molecule has 0 saturated carbocycles. The molecule has 1 saturated heterocycles. The van der Waals surface area contributed by atoms with Crippen molar-refractivity contribution < 1.29 is 4.79 Å². The van der Waals surface area contributed by atoms with Gasteiger partial charge in [-0.05, 0) is 51.4 Å². The Morgan fingerprint density at radius 1 is 1.07 bits per heavy atom. The van der Waals surface area contributed by atoms with E-state index >= 15 is 0 Å². The molecule has 3 aromatic heterocycles. The van der Waals surface area contributed by atoms with Crippen molar-refractivity contribution in [2.24, 2.45) is 5.41 Å². The van der Waals surface area contributed by atoms with Gasteiger partial charge < -0.3 is 4.90 Å². The first-order valence-electron chi connectivity index (χ1n) is 10.9. The van der Waals surface area contributed by atoms with Gasteiger partial charge in [0.1, 0.15) is 5.52 Å². The number of likely N-dealkylation sites (tertiary alicyclic amines) is 1. The van der Waals surface area contributed by atoms with Crippen LogP contribution in [0.25, 0.3) is 17.1 Å². The molecule has 0 N–H and O–H groups in total. The Bertz CT molecular complexity index is 995. The van der Waals surface area contributed by atoms with Gasteiger partial charge in [0.15, 0.2) is 11.5 Å². The summed E-state index contributed by atoms with van der Waals surface area (Å²) in [5.74, 6) is 0.891. The van der Waals surface area contributed by atoms with Crippen molar-refractivity contribution in [3.8, 4) is 5.95 Å². The predicted octanol–water partition coefficient (Wildman–Crippen LogP) is 3.51. The summed E-state index contributed by atoms with van der Waals surface area (Å²) in [5.41, 5.74) is 0.848. The van der Waals surface area contributed by atoms with Crippen LogP contribution in [0.3, 0.4) is 0 Å². The lowest BCUT2D eigenvalue weighted by Crippen LogP contribution is -2.30. The second-order valence-corrected chi connectivity index (χ2v) is 9.11. The van der Waals surface area contributed by atoms with Gasteiger partial charge in [-0.15, -0.1) is 0 Å². The summed E-state index contributed by atoms with van der Waals surface area (Å²) in [6.45, 7) is 10.0. The Hall–Kier alpha value is -2.61. The van der Waals surface area contributed by atoms with Crippen molar-refractivity contribution in [3.05, 3.63) is 30.5 Å². The first-order valence-corrected chi connectivity index (χ1v) is 10.9. The molecule has 4 heterocycles. The fourth-order valence-electron chi connectivity index (χ4n) is 3.91. The number of carbonyl (C=O) groups excluding carboxylic acids is 1. The van der Waals surface area contributed by atoms with Crippen LogP contribution >= 0.6 is 0 Å². The van der Waals surface area contributed by atoms with E-state index in [1.54, 1.807) is 17.1 Å². The molecule has 4 rings (SSSR count). The number of fused-ring (bicyclic) bond motifs is 1. The number of piperidine rings is 1. The van der Waals surface area contributed by atoms with Crippen molar-refractivity contribution in [1.29, 1.82) is 0 Å². The van der Waals surface area contributed by atoms with E-state index < -0.39 is 5.41 Å². The molecule has 0 aliphatic carbocycles. The first kappa shape index (κ1) is 20.7. The van der Waals surface area contributed by atoms with Crippen molar-refractivity contribution in [1.82, 2.24) is 34.2 Å². The molecule has 30 heavy (non-hydrogen) atoms. The highest BCUT2D eigenvalue weighted by Crippen LogP contribution is 2.22. The molecule has 1 aliphatic rings. The van der Waals surface area contributed by atoms with Crippen LogP contribution in [0.2, 0.25) is 0 Å². The number of hydrogen-bond donors (Lipinski definition) is 0. The third-order valence-corrected chi connectivity index (χ3v) is 5.62. The standard InChI is InChI=1S/C22H31N7O/c1-22(2,3)18(30)19-23-16-17-20(26-19)28(21(25-17)29-15-9-10-24-29)14-8-7-13-27-11-5-4-6-12-27/h9-10,15-16H,4-8,11-14H2,1-3H3. The van der Waals surface area contributed by atoms with Gasteiger partial charge in [-0.25, -0.2) is 19.6 Å². The molecule has 0 amide bonds. The van der Waals surface area contributed by atoms with Crippen LogP contribution in [-0.4, -0.2) is 59.6 Å². The summed E-state index contributed by atoms with van der Waals surface area (Å²) in [7, 11) is 0. The molecule has 0 unspecified atom stereocenters. The van der Waals surface area contributed by atoms with Crippen LogP contribution < -0.4 is 0 Å². The number of unbranched alkanes of at least 4 members (excludes halogenated alkanes) is 1. The number of Topliss-reactive ketones (excluding diaryl/α,β-unsaturated/α-hetero) is 1. The minimum Gasteiger partial charge on any atom is -0.303 e. The van der Waals surface area contributed by atoms with Gasteiger partial charge in [-0.2, -0.15) is 5.10 Å². The molecule has 0 radical (unpaired) electrons. The molecule has 0 spiro atoms. The fraction of sp³-hybridized carbons (Fsp3) is 0.591. The molecule has 160 valence electrons. The smallest absolute Gasteiger partial charge is 0.233 e. The zero-order chi connectivity index (χ0) is 21.1. The van der Waals surface area contributed by atoms with E-state index in [4.69, 9.17) is 4.98 Å². The number of nitrogens with zero attached hydrogens (tertiary/aromatic N) is 7. The topological polar surface area (TPSA) is 81.7 Å². The molecular weight excluding hydrogens is 378 g/mol. The van der Waals surface area contributed by atoms with Gasteiger partial charge in [-0.3, -0.25) is 9.36 Å². The normalized spacial score (nSPS) is 15.7. The molecule has 8 heteroatoms. The lowest BCUT2D eigenvalue weighted by atomic mass is 9.90. The zero-order valence-corrected chi connectivity index (χ0v) is 18.2. The highest BCUT2D eigenvalue weighted by Gasteiger charge is 2.26. The van der Waals surface area contributed by atoms with E-state index in [1.807, 2.05) is 33.0 Å². The average Bonchev–Trinajstić information content (AvgIpc) is 3.38. The largest absolute Gasteiger partial charge is 0.303 e. The number of aryl methyl sites for hydroxylation is 1. The highest BCUT2D eigenvalue weighted by molar-refractivity contribution is 5.97. The maximum absolute atomic E-state index is 12.7. The summed E-state index contributed by atoms with van der Waals surface area (Å²) in [5, 5.41) is 4.35. The van der Waals surface area contributed by atoms with Crippen LogP contribution in [0.4, 0.5) is 0 Å². The maximum Gasteiger partial charge on any atom is 0.233 e. The average molecular weight is 410 g/mol. The van der Waals surface area contributed by atoms with Gasteiger partial charge in [-0.1, -0.05) is 27.2 Å². The van der Waals surface area contributed by atoms with Crippen LogP contribution in [0.5, 0.6) is 0 Å². The number of carbonyl (C=O) groups is 1.